The average molecular weight is 241 g/mol. The Kier molecular flexibility index (Phi) is 4.37. The standard InChI is InChI=1S/C12H23N3O2/c1-12(2,3)8-14-11(17)13-6-9-5-10(16)15(4)7-9/h9H,5-8H2,1-4H3,(H2,13,14,17). The van der Waals surface area contributed by atoms with Crippen LogP contribution in [0.3, 0.4) is 0 Å². The SMILES string of the molecule is CN1CC(CNC(=O)NCC(C)(C)C)CC1=O. The molecule has 1 atom stereocenters. The lowest BCUT2D eigenvalue weighted by Gasteiger charge is -2.19. The van der Waals surface area contributed by atoms with Crippen LogP contribution in [0.4, 0.5) is 4.79 Å². The Bertz CT molecular complexity index is 297. The quantitative estimate of drug-likeness (QED) is 0.768. The highest BCUT2D eigenvalue weighted by Crippen LogP contribution is 2.14. The largest absolute Gasteiger partial charge is 0.345 e. The minimum absolute atomic E-state index is 0.0842. The molecule has 5 heteroatoms. The van der Waals surface area contributed by atoms with Crippen molar-refractivity contribution < 1.29 is 9.59 Å². The normalized spacial score (nSPS) is 20.6. The van der Waals surface area contributed by atoms with Crippen molar-refractivity contribution in [3.8, 4) is 0 Å². The van der Waals surface area contributed by atoms with E-state index in [0.717, 1.165) is 6.54 Å². The van der Waals surface area contributed by atoms with Crippen LogP contribution >= 0.6 is 0 Å². The van der Waals surface area contributed by atoms with E-state index < -0.39 is 0 Å². The van der Waals surface area contributed by atoms with E-state index in [9.17, 15) is 9.59 Å². The van der Waals surface area contributed by atoms with Gasteiger partial charge in [-0.2, -0.15) is 0 Å². The minimum Gasteiger partial charge on any atom is -0.345 e. The van der Waals surface area contributed by atoms with Crippen LogP contribution in [0.15, 0.2) is 0 Å². The van der Waals surface area contributed by atoms with E-state index in [1.165, 1.54) is 0 Å². The fourth-order valence-electron chi connectivity index (χ4n) is 1.74. The van der Waals surface area contributed by atoms with Gasteiger partial charge in [0.25, 0.3) is 0 Å². The summed E-state index contributed by atoms with van der Waals surface area (Å²) in [5.74, 6) is 0.403. The second-order valence-electron chi connectivity index (χ2n) is 5.97. The number of hydrogen-bond donors (Lipinski definition) is 2. The Hall–Kier alpha value is -1.26. The molecule has 0 aromatic heterocycles. The van der Waals surface area contributed by atoms with E-state index in [4.69, 9.17) is 0 Å². The third-order valence-electron chi connectivity index (χ3n) is 2.75. The summed E-state index contributed by atoms with van der Waals surface area (Å²) >= 11 is 0. The molecule has 0 aliphatic carbocycles. The maximum atomic E-state index is 11.5. The molecule has 1 aliphatic heterocycles. The number of carbonyl (C=O) groups is 2. The molecule has 1 aliphatic rings. The summed E-state index contributed by atoms with van der Waals surface area (Å²) in [5.41, 5.74) is 0.0842. The van der Waals surface area contributed by atoms with Gasteiger partial charge < -0.3 is 15.5 Å². The van der Waals surface area contributed by atoms with Gasteiger partial charge in [-0.05, 0) is 5.41 Å². The first-order chi connectivity index (χ1) is 7.78. The fourth-order valence-corrected chi connectivity index (χ4v) is 1.74. The summed E-state index contributed by atoms with van der Waals surface area (Å²) in [5, 5.41) is 5.63. The molecular weight excluding hydrogens is 218 g/mol. The summed E-state index contributed by atoms with van der Waals surface area (Å²) in [6, 6.07) is -0.151. The highest BCUT2D eigenvalue weighted by Gasteiger charge is 2.26. The summed E-state index contributed by atoms with van der Waals surface area (Å²) in [4.78, 5) is 24.5. The molecule has 0 bridgehead atoms. The van der Waals surface area contributed by atoms with Crippen molar-refractivity contribution >= 4 is 11.9 Å². The molecule has 1 saturated heterocycles. The van der Waals surface area contributed by atoms with Gasteiger partial charge in [-0.1, -0.05) is 20.8 Å². The molecule has 1 rings (SSSR count). The first-order valence-corrected chi connectivity index (χ1v) is 6.03. The van der Waals surface area contributed by atoms with Crippen molar-refractivity contribution in [3.63, 3.8) is 0 Å². The smallest absolute Gasteiger partial charge is 0.314 e. The van der Waals surface area contributed by atoms with Crippen molar-refractivity contribution in [2.75, 3.05) is 26.7 Å². The lowest BCUT2D eigenvalue weighted by molar-refractivity contribution is -0.126. The highest BCUT2D eigenvalue weighted by molar-refractivity contribution is 5.78. The lowest BCUT2D eigenvalue weighted by atomic mass is 9.97. The van der Waals surface area contributed by atoms with Crippen molar-refractivity contribution in [2.45, 2.75) is 27.2 Å². The predicted octanol–water partition coefficient (Wildman–Crippen LogP) is 0.810. The monoisotopic (exact) mass is 241 g/mol. The summed E-state index contributed by atoms with van der Waals surface area (Å²) in [7, 11) is 1.79. The minimum atomic E-state index is -0.151. The topological polar surface area (TPSA) is 61.4 Å². The third-order valence-corrected chi connectivity index (χ3v) is 2.75. The van der Waals surface area contributed by atoms with Crippen molar-refractivity contribution in [1.82, 2.24) is 15.5 Å². The van der Waals surface area contributed by atoms with Gasteiger partial charge in [0.15, 0.2) is 0 Å². The van der Waals surface area contributed by atoms with Crippen LogP contribution in [0.25, 0.3) is 0 Å². The molecule has 98 valence electrons. The number of carbonyl (C=O) groups excluding carboxylic acids is 2. The number of urea groups is 1. The molecular formula is C12H23N3O2. The Morgan fingerprint density at radius 2 is 2.06 bits per heavy atom. The average Bonchev–Trinajstić information content (AvgIpc) is 2.51. The van der Waals surface area contributed by atoms with E-state index in [1.807, 2.05) is 0 Å². The van der Waals surface area contributed by atoms with E-state index in [1.54, 1.807) is 11.9 Å². The fraction of sp³-hybridized carbons (Fsp3) is 0.833. The first kappa shape index (κ1) is 13.8. The zero-order valence-corrected chi connectivity index (χ0v) is 11.2. The Balaban J connectivity index is 2.19. The van der Waals surface area contributed by atoms with Crippen LogP contribution in [0.1, 0.15) is 27.2 Å². The van der Waals surface area contributed by atoms with Crippen molar-refractivity contribution in [3.05, 3.63) is 0 Å². The molecule has 17 heavy (non-hydrogen) atoms. The Morgan fingerprint density at radius 1 is 1.41 bits per heavy atom. The van der Waals surface area contributed by atoms with Crippen LogP contribution in [0.5, 0.6) is 0 Å². The van der Waals surface area contributed by atoms with Crippen LogP contribution < -0.4 is 10.6 Å². The molecule has 3 amide bonds. The van der Waals surface area contributed by atoms with E-state index >= 15 is 0 Å². The van der Waals surface area contributed by atoms with Gasteiger partial charge in [0.2, 0.25) is 5.91 Å². The van der Waals surface area contributed by atoms with E-state index in [2.05, 4.69) is 31.4 Å². The van der Waals surface area contributed by atoms with Gasteiger partial charge in [0, 0.05) is 39.0 Å². The van der Waals surface area contributed by atoms with Gasteiger partial charge in [-0.3, -0.25) is 4.79 Å². The number of hydrogen-bond acceptors (Lipinski definition) is 2. The maximum absolute atomic E-state index is 11.5. The molecule has 0 aromatic carbocycles. The molecule has 1 fully saturated rings. The molecule has 2 N–H and O–H groups in total. The number of nitrogens with zero attached hydrogens (tertiary/aromatic N) is 1. The zero-order chi connectivity index (χ0) is 13.1. The summed E-state index contributed by atoms with van der Waals surface area (Å²) < 4.78 is 0. The van der Waals surface area contributed by atoms with Crippen molar-refractivity contribution in [1.29, 1.82) is 0 Å². The Morgan fingerprint density at radius 3 is 2.53 bits per heavy atom. The van der Waals surface area contributed by atoms with Gasteiger partial charge in [0.1, 0.15) is 0 Å². The first-order valence-electron chi connectivity index (χ1n) is 6.03. The number of likely N-dealkylation sites (tertiary alicyclic amines) is 1. The Labute approximate surface area is 103 Å². The maximum Gasteiger partial charge on any atom is 0.314 e. The molecule has 5 nitrogen and oxygen atoms in total. The number of nitrogens with one attached hydrogen (secondary N) is 2. The molecule has 0 aromatic rings. The number of rotatable bonds is 3. The van der Waals surface area contributed by atoms with Crippen LogP contribution in [0.2, 0.25) is 0 Å². The molecule has 1 heterocycles. The van der Waals surface area contributed by atoms with Gasteiger partial charge in [-0.15, -0.1) is 0 Å². The molecule has 0 radical (unpaired) electrons. The van der Waals surface area contributed by atoms with Crippen LogP contribution in [-0.2, 0) is 4.79 Å². The second-order valence-corrected chi connectivity index (χ2v) is 5.97. The van der Waals surface area contributed by atoms with E-state index in [-0.39, 0.29) is 23.3 Å². The number of amides is 3. The van der Waals surface area contributed by atoms with Crippen LogP contribution in [-0.4, -0.2) is 43.5 Å². The van der Waals surface area contributed by atoms with E-state index in [0.29, 0.717) is 19.5 Å². The van der Waals surface area contributed by atoms with Gasteiger partial charge in [-0.25, -0.2) is 4.79 Å². The van der Waals surface area contributed by atoms with Gasteiger partial charge in [0.05, 0.1) is 0 Å². The molecule has 1 unspecified atom stereocenters. The third kappa shape index (κ3) is 5.06. The second kappa shape index (κ2) is 5.38. The summed E-state index contributed by atoms with van der Waals surface area (Å²) in [6.45, 7) is 8.14. The lowest BCUT2D eigenvalue weighted by Crippen LogP contribution is -2.41. The predicted molar refractivity (Wildman–Crippen MR) is 66.6 cm³/mol. The molecule has 0 saturated carbocycles. The highest BCUT2D eigenvalue weighted by atomic mass is 16.2. The van der Waals surface area contributed by atoms with Crippen LogP contribution in [0, 0.1) is 11.3 Å². The molecule has 0 spiro atoms. The van der Waals surface area contributed by atoms with Gasteiger partial charge >= 0.3 is 6.03 Å². The zero-order valence-electron chi connectivity index (χ0n) is 11.2. The van der Waals surface area contributed by atoms with Crippen molar-refractivity contribution in [2.24, 2.45) is 11.3 Å². The summed E-state index contributed by atoms with van der Waals surface area (Å²) in [6.07, 6.45) is 0.538.